The maximum Gasteiger partial charge on any atom is 0.103 e. The van der Waals surface area contributed by atoms with Crippen LogP contribution in [0.3, 0.4) is 0 Å². The quantitative estimate of drug-likeness (QED) is 0.449. The van der Waals surface area contributed by atoms with Gasteiger partial charge in [-0.25, -0.2) is 0 Å². The largest absolute Gasteiger partial charge is 0.365 e. The van der Waals surface area contributed by atoms with Crippen LogP contribution in [-0.4, -0.2) is 12.2 Å². The lowest BCUT2D eigenvalue weighted by molar-refractivity contribution is 0.350. The zero-order valence-electron chi connectivity index (χ0n) is 7.15. The van der Waals surface area contributed by atoms with Gasteiger partial charge in [-0.05, 0) is 12.8 Å². The molecule has 0 aromatic heterocycles. The molecule has 0 aromatic rings. The zero-order valence-corrected chi connectivity index (χ0v) is 7.15. The van der Waals surface area contributed by atoms with Gasteiger partial charge in [0.25, 0.3) is 0 Å². The van der Waals surface area contributed by atoms with Crippen molar-refractivity contribution in [3.63, 3.8) is 0 Å². The summed E-state index contributed by atoms with van der Waals surface area (Å²) in [5, 5.41) is 0. The molecule has 2 aliphatic rings. The average molecular weight is 162 g/mol. The molecule has 0 radical (unpaired) electrons. The van der Waals surface area contributed by atoms with Gasteiger partial charge >= 0.3 is 0 Å². The smallest absolute Gasteiger partial charge is 0.103 e. The molecular weight excluding hydrogens is 148 g/mol. The topological polar surface area (TPSA) is 12.5 Å². The van der Waals surface area contributed by atoms with Gasteiger partial charge in [-0.2, -0.15) is 0 Å². The predicted octanol–water partition coefficient (Wildman–Crippen LogP) is 2.46. The Labute approximate surface area is 73.4 Å². The number of epoxide rings is 1. The molecule has 0 spiro atoms. The van der Waals surface area contributed by atoms with Gasteiger partial charge in [0.15, 0.2) is 0 Å². The number of allylic oxidation sites excluding steroid dienone is 3. The van der Waals surface area contributed by atoms with Gasteiger partial charge in [-0.1, -0.05) is 30.4 Å². The number of hydrogen-bond acceptors (Lipinski definition) is 1. The van der Waals surface area contributed by atoms with E-state index in [1.165, 1.54) is 0 Å². The molecule has 12 heavy (non-hydrogen) atoms. The molecule has 0 saturated carbocycles. The first-order chi connectivity index (χ1) is 5.92. The van der Waals surface area contributed by atoms with E-state index in [4.69, 9.17) is 4.74 Å². The first-order valence-corrected chi connectivity index (χ1v) is 4.51. The van der Waals surface area contributed by atoms with Crippen LogP contribution in [0.2, 0.25) is 0 Å². The third-order valence-electron chi connectivity index (χ3n) is 2.45. The lowest BCUT2D eigenvalue weighted by Crippen LogP contribution is -2.05. The Morgan fingerprint density at radius 3 is 3.00 bits per heavy atom. The maximum absolute atomic E-state index is 5.46. The van der Waals surface area contributed by atoms with Crippen molar-refractivity contribution < 1.29 is 4.74 Å². The summed E-state index contributed by atoms with van der Waals surface area (Å²) in [7, 11) is 0. The van der Waals surface area contributed by atoms with E-state index < -0.39 is 0 Å². The molecule has 0 amide bonds. The summed E-state index contributed by atoms with van der Waals surface area (Å²) in [4.78, 5) is 0. The molecule has 0 N–H and O–H groups in total. The molecule has 0 bridgehead atoms. The van der Waals surface area contributed by atoms with Gasteiger partial charge in [0, 0.05) is 5.92 Å². The first-order valence-electron chi connectivity index (χ1n) is 4.51. The summed E-state index contributed by atoms with van der Waals surface area (Å²) in [6.07, 6.45) is 13.7. The summed E-state index contributed by atoms with van der Waals surface area (Å²) < 4.78 is 5.46. The fourth-order valence-electron chi connectivity index (χ4n) is 1.67. The lowest BCUT2D eigenvalue weighted by atomic mass is 9.99. The molecule has 2 rings (SSSR count). The van der Waals surface area contributed by atoms with Gasteiger partial charge in [-0.15, -0.1) is 6.58 Å². The summed E-state index contributed by atoms with van der Waals surface area (Å²) in [6, 6.07) is 0. The molecule has 1 aliphatic heterocycles. The van der Waals surface area contributed by atoms with Crippen molar-refractivity contribution in [1.29, 1.82) is 0 Å². The number of ether oxygens (including phenoxy) is 1. The standard InChI is InChI=1S/C11H14O/c1-2-10-11(12-10)9-7-5-3-4-6-8-9/h2-3,5-6,8-11H,1,4,7H2/t9?,10-,11+/m0/s1. The van der Waals surface area contributed by atoms with E-state index in [1.54, 1.807) is 0 Å². The van der Waals surface area contributed by atoms with E-state index in [2.05, 4.69) is 30.9 Å². The minimum Gasteiger partial charge on any atom is -0.365 e. The Morgan fingerprint density at radius 2 is 2.25 bits per heavy atom. The summed E-state index contributed by atoms with van der Waals surface area (Å²) >= 11 is 0. The van der Waals surface area contributed by atoms with E-state index in [0.717, 1.165) is 12.8 Å². The van der Waals surface area contributed by atoms with E-state index >= 15 is 0 Å². The van der Waals surface area contributed by atoms with Crippen molar-refractivity contribution in [3.05, 3.63) is 37.0 Å². The van der Waals surface area contributed by atoms with Crippen LogP contribution in [0, 0.1) is 5.92 Å². The van der Waals surface area contributed by atoms with Crippen molar-refractivity contribution in [2.24, 2.45) is 5.92 Å². The Bertz CT molecular complexity index is 227. The molecule has 3 atom stereocenters. The van der Waals surface area contributed by atoms with Crippen LogP contribution in [0.1, 0.15) is 12.8 Å². The summed E-state index contributed by atoms with van der Waals surface area (Å²) in [5.74, 6) is 0.576. The molecule has 1 fully saturated rings. The van der Waals surface area contributed by atoms with Crippen LogP contribution in [0.5, 0.6) is 0 Å². The van der Waals surface area contributed by atoms with Crippen molar-refractivity contribution in [3.8, 4) is 0 Å². The third-order valence-corrected chi connectivity index (χ3v) is 2.45. The highest BCUT2D eigenvalue weighted by Crippen LogP contribution is 2.34. The van der Waals surface area contributed by atoms with Gasteiger partial charge in [0.2, 0.25) is 0 Å². The Hall–Kier alpha value is -0.820. The van der Waals surface area contributed by atoms with Crippen molar-refractivity contribution in [2.45, 2.75) is 25.0 Å². The summed E-state index contributed by atoms with van der Waals surface area (Å²) in [5.41, 5.74) is 0. The minimum atomic E-state index is 0.311. The van der Waals surface area contributed by atoms with Gasteiger partial charge < -0.3 is 4.74 Å². The highest BCUT2D eigenvalue weighted by molar-refractivity contribution is 5.11. The fourth-order valence-corrected chi connectivity index (χ4v) is 1.67. The molecule has 1 nitrogen and oxygen atoms in total. The molecule has 0 aromatic carbocycles. The van der Waals surface area contributed by atoms with Crippen LogP contribution in [-0.2, 0) is 4.74 Å². The second-order valence-corrected chi connectivity index (χ2v) is 3.34. The lowest BCUT2D eigenvalue weighted by Gasteiger charge is -2.03. The van der Waals surface area contributed by atoms with Gasteiger partial charge in [0.05, 0.1) is 6.10 Å². The maximum atomic E-state index is 5.46. The SMILES string of the molecule is C=C[C@@H]1O[C@@H]1C1C=CCC=CC1. The van der Waals surface area contributed by atoms with Crippen molar-refractivity contribution in [2.75, 3.05) is 0 Å². The highest BCUT2D eigenvalue weighted by atomic mass is 16.6. The molecule has 1 saturated heterocycles. The van der Waals surface area contributed by atoms with Gasteiger partial charge in [0.1, 0.15) is 6.10 Å². The van der Waals surface area contributed by atoms with Crippen LogP contribution < -0.4 is 0 Å². The van der Waals surface area contributed by atoms with Crippen LogP contribution in [0.25, 0.3) is 0 Å². The van der Waals surface area contributed by atoms with Crippen LogP contribution in [0.4, 0.5) is 0 Å². The monoisotopic (exact) mass is 162 g/mol. The molecular formula is C11H14O. The normalized spacial score (nSPS) is 39.2. The minimum absolute atomic E-state index is 0.311. The second kappa shape index (κ2) is 3.28. The van der Waals surface area contributed by atoms with Crippen LogP contribution >= 0.6 is 0 Å². The molecule has 1 unspecified atom stereocenters. The molecule has 1 heteroatoms. The number of hydrogen-bond donors (Lipinski definition) is 0. The molecule has 64 valence electrons. The van der Waals surface area contributed by atoms with Crippen molar-refractivity contribution in [1.82, 2.24) is 0 Å². The van der Waals surface area contributed by atoms with E-state index in [0.29, 0.717) is 18.1 Å². The van der Waals surface area contributed by atoms with E-state index in [9.17, 15) is 0 Å². The van der Waals surface area contributed by atoms with Gasteiger partial charge in [-0.3, -0.25) is 0 Å². The first kappa shape index (κ1) is 7.81. The summed E-state index contributed by atoms with van der Waals surface area (Å²) in [6.45, 7) is 3.72. The van der Waals surface area contributed by atoms with Crippen molar-refractivity contribution >= 4 is 0 Å². The third kappa shape index (κ3) is 1.51. The van der Waals surface area contributed by atoms with Crippen LogP contribution in [0.15, 0.2) is 37.0 Å². The van der Waals surface area contributed by atoms with E-state index in [1.807, 2.05) is 6.08 Å². The Morgan fingerprint density at radius 1 is 1.33 bits per heavy atom. The highest BCUT2D eigenvalue weighted by Gasteiger charge is 2.40. The molecule has 1 aliphatic carbocycles. The average Bonchev–Trinajstić information content (AvgIpc) is 2.89. The molecule has 1 heterocycles. The fraction of sp³-hybridized carbons (Fsp3) is 0.455. The Kier molecular flexibility index (Phi) is 2.13. The zero-order chi connectivity index (χ0) is 8.39. The Balaban J connectivity index is 1.95. The number of rotatable bonds is 2. The van der Waals surface area contributed by atoms with E-state index in [-0.39, 0.29) is 0 Å². The second-order valence-electron chi connectivity index (χ2n) is 3.34. The predicted molar refractivity (Wildman–Crippen MR) is 49.9 cm³/mol.